The molecule has 9 nitrogen and oxygen atoms in total. The molecule has 2 aromatic carbocycles. The number of carbonyl (C=O) groups excluding carboxylic acids is 4. The predicted octanol–water partition coefficient (Wildman–Crippen LogP) is 2.07. The van der Waals surface area contributed by atoms with E-state index in [0.717, 1.165) is 0 Å². The van der Waals surface area contributed by atoms with Gasteiger partial charge in [-0.3, -0.25) is 9.59 Å². The van der Waals surface area contributed by atoms with E-state index in [0.29, 0.717) is 16.7 Å². The predicted molar refractivity (Wildman–Crippen MR) is 129 cm³/mol. The average molecular weight is 518 g/mol. The number of hydrogen-bond acceptors (Lipinski definition) is 8. The highest BCUT2D eigenvalue weighted by atomic mass is 35.5. The van der Waals surface area contributed by atoms with Crippen molar-refractivity contribution in [2.75, 3.05) is 0 Å². The number of nitrogens with one attached hydrogen (secondary N) is 1. The Kier molecular flexibility index (Phi) is 6.56. The smallest absolute Gasteiger partial charge is 0.342 e. The summed E-state index contributed by atoms with van der Waals surface area (Å²) in [6.07, 6.45) is -1.16. The first-order chi connectivity index (χ1) is 16.2. The fraction of sp³-hybridized carbons (Fsp3) is 0.333. The quantitative estimate of drug-likeness (QED) is 0.455. The molecule has 2 saturated heterocycles. The minimum atomic E-state index is -1.16. The number of esters is 2. The fourth-order valence-electron chi connectivity index (χ4n) is 4.55. The molecule has 3 N–H and O–H groups in total. The SMILES string of the molecule is CC1(C)SC2C(NC(=O)C(N)c3ccccc3)C(=O)N2C1C(=O)OC1OC(=O)c2ccccc21.Cl. The van der Waals surface area contributed by atoms with Crippen LogP contribution in [-0.4, -0.2) is 50.9 Å². The van der Waals surface area contributed by atoms with E-state index in [-0.39, 0.29) is 18.3 Å². The van der Waals surface area contributed by atoms with Crippen LogP contribution in [-0.2, 0) is 23.9 Å². The third kappa shape index (κ3) is 4.15. The molecular formula is C24H24ClN3O6S. The van der Waals surface area contributed by atoms with Crippen molar-refractivity contribution in [3.8, 4) is 0 Å². The van der Waals surface area contributed by atoms with E-state index < -0.39 is 52.4 Å². The number of halogens is 1. The number of fused-ring (bicyclic) bond motifs is 2. The lowest BCUT2D eigenvalue weighted by atomic mass is 9.95. The number of nitrogens with zero attached hydrogens (tertiary/aromatic N) is 1. The third-order valence-corrected chi connectivity index (χ3v) is 7.85. The first kappa shape index (κ1) is 25.0. The molecule has 5 unspecified atom stereocenters. The maximum Gasteiger partial charge on any atom is 0.342 e. The molecule has 5 atom stereocenters. The number of ether oxygens (including phenoxy) is 2. The monoisotopic (exact) mass is 517 g/mol. The van der Waals surface area contributed by atoms with Gasteiger partial charge >= 0.3 is 11.9 Å². The fourth-order valence-corrected chi connectivity index (χ4v) is 6.17. The van der Waals surface area contributed by atoms with Crippen molar-refractivity contribution in [1.29, 1.82) is 0 Å². The highest BCUT2D eigenvalue weighted by molar-refractivity contribution is 8.01. The molecule has 2 amide bonds. The Morgan fingerprint density at radius 3 is 2.49 bits per heavy atom. The molecule has 3 heterocycles. The van der Waals surface area contributed by atoms with Crippen molar-refractivity contribution in [3.05, 3.63) is 71.3 Å². The van der Waals surface area contributed by atoms with Gasteiger partial charge < -0.3 is 25.4 Å². The van der Waals surface area contributed by atoms with Gasteiger partial charge in [-0.25, -0.2) is 9.59 Å². The van der Waals surface area contributed by atoms with Gasteiger partial charge in [0.2, 0.25) is 11.8 Å². The van der Waals surface area contributed by atoms with Crippen LogP contribution in [0.2, 0.25) is 0 Å². The summed E-state index contributed by atoms with van der Waals surface area (Å²) in [5, 5.41) is 2.29. The minimum Gasteiger partial charge on any atom is -0.419 e. The number of β-lactam (4-membered cyclic amide) rings is 1. The van der Waals surface area contributed by atoms with Crippen molar-refractivity contribution in [2.45, 2.75) is 48.4 Å². The molecule has 11 heteroatoms. The molecule has 35 heavy (non-hydrogen) atoms. The van der Waals surface area contributed by atoms with E-state index in [9.17, 15) is 19.2 Å². The number of amides is 2. The van der Waals surface area contributed by atoms with Crippen LogP contribution in [0.25, 0.3) is 0 Å². The van der Waals surface area contributed by atoms with Crippen LogP contribution in [0, 0.1) is 0 Å². The van der Waals surface area contributed by atoms with Crippen molar-refractivity contribution < 1.29 is 28.7 Å². The van der Waals surface area contributed by atoms with Crippen molar-refractivity contribution >= 4 is 47.9 Å². The van der Waals surface area contributed by atoms with Crippen LogP contribution in [0.1, 0.15) is 47.7 Å². The standard InChI is InChI=1S/C24H23N3O6S.ClH/c1-24(2)17(22(31)33-23-14-11-7-6-10-13(14)21(30)32-23)27-19(29)16(20(27)34-24)26-18(28)15(25)12-8-4-3-5-9-12;/h3-11,15-17,20,23H,25H2,1-2H3,(H,26,28);1H. The Morgan fingerprint density at radius 1 is 1.11 bits per heavy atom. The molecule has 184 valence electrons. The molecule has 3 aliphatic rings. The lowest BCUT2D eigenvalue weighted by Gasteiger charge is -2.44. The van der Waals surface area contributed by atoms with Crippen LogP contribution in [0.15, 0.2) is 54.6 Å². The van der Waals surface area contributed by atoms with Gasteiger partial charge in [-0.2, -0.15) is 0 Å². The summed E-state index contributed by atoms with van der Waals surface area (Å²) in [6, 6.07) is 12.9. The average Bonchev–Trinajstić information content (AvgIpc) is 3.28. The molecular weight excluding hydrogens is 494 g/mol. The van der Waals surface area contributed by atoms with E-state index in [4.69, 9.17) is 15.2 Å². The Morgan fingerprint density at radius 2 is 1.77 bits per heavy atom. The second-order valence-electron chi connectivity index (χ2n) is 8.90. The van der Waals surface area contributed by atoms with E-state index in [1.807, 2.05) is 19.9 Å². The number of thioether (sulfide) groups is 1. The molecule has 0 aliphatic carbocycles. The molecule has 0 radical (unpaired) electrons. The summed E-state index contributed by atoms with van der Waals surface area (Å²) in [7, 11) is 0. The van der Waals surface area contributed by atoms with Crippen LogP contribution in [0.5, 0.6) is 0 Å². The van der Waals surface area contributed by atoms with Crippen molar-refractivity contribution in [2.24, 2.45) is 5.73 Å². The van der Waals surface area contributed by atoms with Gasteiger partial charge in [0.1, 0.15) is 23.5 Å². The Balaban J connectivity index is 0.00000289. The lowest BCUT2D eigenvalue weighted by Crippen LogP contribution is -2.71. The molecule has 0 aromatic heterocycles. The van der Waals surface area contributed by atoms with Gasteiger partial charge in [-0.1, -0.05) is 48.5 Å². The molecule has 0 saturated carbocycles. The first-order valence-corrected chi connectivity index (χ1v) is 11.7. The molecule has 2 fully saturated rings. The number of nitrogens with two attached hydrogens (primary N) is 1. The topological polar surface area (TPSA) is 128 Å². The van der Waals surface area contributed by atoms with Gasteiger partial charge in [0.15, 0.2) is 0 Å². The van der Waals surface area contributed by atoms with Crippen molar-refractivity contribution in [3.63, 3.8) is 0 Å². The molecule has 3 aliphatic heterocycles. The Hall–Kier alpha value is -3.08. The molecule has 0 spiro atoms. The zero-order valence-electron chi connectivity index (χ0n) is 18.9. The summed E-state index contributed by atoms with van der Waals surface area (Å²) >= 11 is 1.40. The van der Waals surface area contributed by atoms with Gasteiger partial charge in [-0.15, -0.1) is 24.2 Å². The number of hydrogen-bond donors (Lipinski definition) is 2. The zero-order chi connectivity index (χ0) is 24.2. The zero-order valence-corrected chi connectivity index (χ0v) is 20.5. The summed E-state index contributed by atoms with van der Waals surface area (Å²) in [4.78, 5) is 52.3. The van der Waals surface area contributed by atoms with Gasteiger partial charge in [-0.05, 0) is 25.5 Å². The van der Waals surface area contributed by atoms with Crippen LogP contribution < -0.4 is 11.1 Å². The number of carbonyl (C=O) groups is 4. The molecule has 0 bridgehead atoms. The Bertz CT molecular complexity index is 1190. The summed E-state index contributed by atoms with van der Waals surface area (Å²) in [5.74, 6) is -2.09. The van der Waals surface area contributed by atoms with E-state index in [2.05, 4.69) is 5.32 Å². The minimum absolute atomic E-state index is 0. The maximum atomic E-state index is 13.2. The highest BCUT2D eigenvalue weighted by Crippen LogP contribution is 2.51. The maximum absolute atomic E-state index is 13.2. The lowest BCUT2D eigenvalue weighted by molar-refractivity contribution is -0.180. The second kappa shape index (κ2) is 9.18. The summed E-state index contributed by atoms with van der Waals surface area (Å²) < 4.78 is 10.1. The normalized spacial score (nSPS) is 26.4. The number of benzene rings is 2. The van der Waals surface area contributed by atoms with Crippen LogP contribution >= 0.6 is 24.2 Å². The van der Waals surface area contributed by atoms with Gasteiger partial charge in [0.25, 0.3) is 6.29 Å². The summed E-state index contributed by atoms with van der Waals surface area (Å²) in [6.45, 7) is 3.66. The van der Waals surface area contributed by atoms with E-state index >= 15 is 0 Å². The molecule has 5 rings (SSSR count). The molecule has 2 aromatic rings. The van der Waals surface area contributed by atoms with Crippen LogP contribution in [0.4, 0.5) is 0 Å². The number of rotatable bonds is 5. The van der Waals surface area contributed by atoms with Gasteiger partial charge in [0.05, 0.1) is 5.56 Å². The third-order valence-electron chi connectivity index (χ3n) is 6.28. The van der Waals surface area contributed by atoms with Crippen LogP contribution in [0.3, 0.4) is 0 Å². The Labute approximate surface area is 212 Å². The van der Waals surface area contributed by atoms with E-state index in [1.165, 1.54) is 16.7 Å². The van der Waals surface area contributed by atoms with E-state index in [1.54, 1.807) is 48.5 Å². The van der Waals surface area contributed by atoms with Crippen molar-refractivity contribution in [1.82, 2.24) is 10.2 Å². The first-order valence-electron chi connectivity index (χ1n) is 10.8. The number of cyclic esters (lactones) is 1. The largest absolute Gasteiger partial charge is 0.419 e. The highest BCUT2D eigenvalue weighted by Gasteiger charge is 2.65. The second-order valence-corrected chi connectivity index (χ2v) is 10.7. The van der Waals surface area contributed by atoms with Gasteiger partial charge in [0, 0.05) is 10.3 Å². The summed E-state index contributed by atoms with van der Waals surface area (Å²) in [5.41, 5.74) is 7.51.